The predicted octanol–water partition coefficient (Wildman–Crippen LogP) is 4.10. The number of nitrogens with zero attached hydrogens (tertiary/aromatic N) is 1. The van der Waals surface area contributed by atoms with Crippen LogP contribution in [0.25, 0.3) is 0 Å². The van der Waals surface area contributed by atoms with Crippen LogP contribution in [0.2, 0.25) is 0 Å². The fourth-order valence-corrected chi connectivity index (χ4v) is 2.69. The zero-order valence-electron chi connectivity index (χ0n) is 16.7. The van der Waals surface area contributed by atoms with Gasteiger partial charge in [0.15, 0.2) is 6.04 Å². The molecule has 0 aliphatic rings. The summed E-state index contributed by atoms with van der Waals surface area (Å²) in [5, 5.41) is 4.03. The van der Waals surface area contributed by atoms with E-state index in [-0.39, 0.29) is 12.2 Å². The minimum Gasteiger partial charge on any atom is -0.468 e. The molecule has 0 radical (unpaired) electrons. The molecule has 0 aliphatic heterocycles. The molecule has 1 atom stereocenters. The van der Waals surface area contributed by atoms with Gasteiger partial charge in [-0.05, 0) is 29.7 Å². The zero-order valence-corrected chi connectivity index (χ0v) is 16.7. The van der Waals surface area contributed by atoms with Crippen molar-refractivity contribution in [3.63, 3.8) is 0 Å². The maximum atomic E-state index is 13.5. The van der Waals surface area contributed by atoms with Gasteiger partial charge in [-0.1, -0.05) is 47.6 Å². The molecule has 2 aromatic rings. The van der Waals surface area contributed by atoms with Crippen LogP contribution in [0.1, 0.15) is 42.1 Å². The Bertz CT molecular complexity index is 866. The maximum Gasteiger partial charge on any atom is 0.329 e. The summed E-state index contributed by atoms with van der Waals surface area (Å²) in [4.78, 5) is 22.4. The number of rotatable bonds is 9. The van der Waals surface area contributed by atoms with Gasteiger partial charge in [0.1, 0.15) is 6.61 Å². The number of halogens is 2. The van der Waals surface area contributed by atoms with Crippen molar-refractivity contribution in [2.45, 2.75) is 32.4 Å². The smallest absolute Gasteiger partial charge is 0.329 e. The molecule has 6 nitrogen and oxygen atoms in total. The summed E-state index contributed by atoms with van der Waals surface area (Å²) in [5.74, 6) is -3.45. The van der Waals surface area contributed by atoms with Crippen molar-refractivity contribution in [1.82, 2.24) is 5.48 Å². The van der Waals surface area contributed by atoms with E-state index >= 15 is 0 Å². The molecule has 0 aliphatic carbocycles. The number of hydrogen-bond donors (Lipinski definition) is 1. The van der Waals surface area contributed by atoms with Gasteiger partial charge in [0, 0.05) is 12.5 Å². The minimum absolute atomic E-state index is 0.0655. The lowest BCUT2D eigenvalue weighted by atomic mass is 10.0. The van der Waals surface area contributed by atoms with E-state index in [0.29, 0.717) is 22.4 Å². The summed E-state index contributed by atoms with van der Waals surface area (Å²) >= 11 is 0. The van der Waals surface area contributed by atoms with Gasteiger partial charge >= 0.3 is 5.97 Å². The standard InChI is InChI=1S/C21H24F2N2O4/c1-14(15-9-7-10-17(12-15)21(2,22)23)24-29-13-16-8-5-6-11-18(16)19(25-28-4)20(26)27-3/h5-12,19,25H,13H2,1-4H3/b24-14+. The molecule has 2 rings (SSSR count). The monoisotopic (exact) mass is 406 g/mol. The Morgan fingerprint density at radius 3 is 2.55 bits per heavy atom. The highest BCUT2D eigenvalue weighted by atomic mass is 19.3. The van der Waals surface area contributed by atoms with Crippen molar-refractivity contribution >= 4 is 11.7 Å². The molecule has 8 heteroatoms. The third-order valence-electron chi connectivity index (χ3n) is 4.25. The van der Waals surface area contributed by atoms with Crippen LogP contribution >= 0.6 is 0 Å². The summed E-state index contributed by atoms with van der Waals surface area (Å²) in [5.41, 5.74) is 4.79. The van der Waals surface area contributed by atoms with Crippen molar-refractivity contribution in [3.05, 3.63) is 70.8 Å². The van der Waals surface area contributed by atoms with Gasteiger partial charge < -0.3 is 14.4 Å². The number of nitrogens with one attached hydrogen (secondary N) is 1. The summed E-state index contributed by atoms with van der Waals surface area (Å²) in [6, 6.07) is 12.2. The first-order valence-electron chi connectivity index (χ1n) is 8.87. The van der Waals surface area contributed by atoms with Crippen LogP contribution in [0.5, 0.6) is 0 Å². The number of carbonyl (C=O) groups excluding carboxylic acids is 1. The Balaban J connectivity index is 2.17. The number of carbonyl (C=O) groups is 1. The van der Waals surface area contributed by atoms with Crippen LogP contribution in [0, 0.1) is 0 Å². The Morgan fingerprint density at radius 2 is 1.90 bits per heavy atom. The lowest BCUT2D eigenvalue weighted by Gasteiger charge is -2.18. The van der Waals surface area contributed by atoms with Crippen LogP contribution in [0.3, 0.4) is 0 Å². The van der Waals surface area contributed by atoms with Gasteiger partial charge in [-0.25, -0.2) is 13.6 Å². The van der Waals surface area contributed by atoms with Crippen LogP contribution < -0.4 is 5.48 Å². The van der Waals surface area contributed by atoms with Gasteiger partial charge in [0.2, 0.25) is 0 Å². The Labute approximate surface area is 168 Å². The fraction of sp³-hybridized carbons (Fsp3) is 0.333. The van der Waals surface area contributed by atoms with Gasteiger partial charge in [-0.15, -0.1) is 0 Å². The molecule has 0 saturated carbocycles. The number of ether oxygens (including phenoxy) is 1. The molecule has 1 unspecified atom stereocenters. The van der Waals surface area contributed by atoms with Crippen LogP contribution in [0.4, 0.5) is 8.78 Å². The van der Waals surface area contributed by atoms with Crippen molar-refractivity contribution in [1.29, 1.82) is 0 Å². The number of benzene rings is 2. The first-order chi connectivity index (χ1) is 13.8. The molecule has 0 heterocycles. The molecular formula is C21H24F2N2O4. The molecule has 29 heavy (non-hydrogen) atoms. The first kappa shape index (κ1) is 22.4. The van der Waals surface area contributed by atoms with Crippen molar-refractivity contribution < 1.29 is 28.0 Å². The van der Waals surface area contributed by atoms with Crippen LogP contribution in [0.15, 0.2) is 53.7 Å². The summed E-state index contributed by atoms with van der Waals surface area (Å²) in [7, 11) is 2.68. The highest BCUT2D eigenvalue weighted by Gasteiger charge is 2.25. The predicted molar refractivity (Wildman–Crippen MR) is 104 cm³/mol. The number of esters is 1. The molecule has 0 amide bonds. The third kappa shape index (κ3) is 6.07. The molecule has 0 spiro atoms. The number of alkyl halides is 2. The number of hydrogen-bond acceptors (Lipinski definition) is 6. The molecule has 0 saturated heterocycles. The lowest BCUT2D eigenvalue weighted by molar-refractivity contribution is -0.147. The summed E-state index contributed by atoms with van der Waals surface area (Å²) < 4.78 is 31.8. The van der Waals surface area contributed by atoms with Crippen LogP contribution in [-0.4, -0.2) is 25.9 Å². The second-order valence-corrected chi connectivity index (χ2v) is 6.40. The number of oxime groups is 1. The van der Waals surface area contributed by atoms with E-state index in [1.54, 1.807) is 43.3 Å². The second kappa shape index (κ2) is 10.1. The highest BCUT2D eigenvalue weighted by molar-refractivity contribution is 5.98. The topological polar surface area (TPSA) is 69.2 Å². The normalized spacial score (nSPS) is 13.1. The molecule has 0 fully saturated rings. The average Bonchev–Trinajstić information content (AvgIpc) is 2.71. The third-order valence-corrected chi connectivity index (χ3v) is 4.25. The molecular weight excluding hydrogens is 382 g/mol. The largest absolute Gasteiger partial charge is 0.468 e. The Morgan fingerprint density at radius 1 is 1.17 bits per heavy atom. The van der Waals surface area contributed by atoms with Gasteiger partial charge in [0.25, 0.3) is 5.92 Å². The number of methoxy groups -OCH3 is 1. The summed E-state index contributed by atoms with van der Waals surface area (Å²) in [6.07, 6.45) is 0. The van der Waals surface area contributed by atoms with Crippen molar-refractivity contribution in [3.8, 4) is 0 Å². The van der Waals surface area contributed by atoms with Gasteiger partial charge in [0.05, 0.1) is 19.9 Å². The van der Waals surface area contributed by atoms with Gasteiger partial charge in [-0.2, -0.15) is 5.48 Å². The van der Waals surface area contributed by atoms with Crippen molar-refractivity contribution in [2.75, 3.05) is 14.2 Å². The van der Waals surface area contributed by atoms with E-state index in [0.717, 1.165) is 6.92 Å². The van der Waals surface area contributed by atoms with E-state index < -0.39 is 17.9 Å². The van der Waals surface area contributed by atoms with E-state index in [1.165, 1.54) is 26.4 Å². The Kier molecular flexibility index (Phi) is 7.81. The molecule has 2 aromatic carbocycles. The average molecular weight is 406 g/mol. The van der Waals surface area contributed by atoms with E-state index in [4.69, 9.17) is 14.4 Å². The van der Waals surface area contributed by atoms with Gasteiger partial charge in [-0.3, -0.25) is 0 Å². The Hall–Kier alpha value is -2.84. The first-order valence-corrected chi connectivity index (χ1v) is 8.87. The molecule has 1 N–H and O–H groups in total. The highest BCUT2D eigenvalue weighted by Crippen LogP contribution is 2.27. The maximum absolute atomic E-state index is 13.5. The summed E-state index contributed by atoms with van der Waals surface area (Å²) in [6.45, 7) is 2.58. The van der Waals surface area contributed by atoms with Crippen molar-refractivity contribution in [2.24, 2.45) is 5.16 Å². The van der Waals surface area contributed by atoms with Crippen LogP contribution in [-0.2, 0) is 31.7 Å². The lowest BCUT2D eigenvalue weighted by Crippen LogP contribution is -2.29. The second-order valence-electron chi connectivity index (χ2n) is 6.40. The molecule has 0 bridgehead atoms. The fourth-order valence-electron chi connectivity index (χ4n) is 2.69. The van der Waals surface area contributed by atoms with E-state index in [9.17, 15) is 13.6 Å². The zero-order chi connectivity index (χ0) is 21.4. The van der Waals surface area contributed by atoms with E-state index in [2.05, 4.69) is 10.6 Å². The van der Waals surface area contributed by atoms with E-state index in [1.807, 2.05) is 0 Å². The SMILES string of the molecule is CONC(C(=O)OC)c1ccccc1CO/N=C(\C)c1cccc(C(C)(F)F)c1. The number of hydroxylamine groups is 1. The quantitative estimate of drug-likeness (QED) is 0.386. The molecule has 156 valence electrons. The minimum atomic E-state index is -2.94. The molecule has 0 aromatic heterocycles.